The zero-order valence-corrected chi connectivity index (χ0v) is 17.1. The topological polar surface area (TPSA) is 65.9 Å². The number of thiophene rings is 1. The fourth-order valence-corrected chi connectivity index (χ4v) is 4.58. The molecule has 1 heterocycles. The van der Waals surface area contributed by atoms with Crippen LogP contribution in [0, 0.1) is 5.41 Å². The van der Waals surface area contributed by atoms with E-state index in [0.29, 0.717) is 12.0 Å². The molecule has 1 fully saturated rings. The number of fused-ring (bicyclic) bond motifs is 1. The van der Waals surface area contributed by atoms with Crippen LogP contribution in [0.3, 0.4) is 0 Å². The molecule has 5 nitrogen and oxygen atoms in total. The lowest BCUT2D eigenvalue weighted by Gasteiger charge is -2.40. The van der Waals surface area contributed by atoms with Crippen molar-refractivity contribution in [2.45, 2.75) is 38.7 Å². The molecule has 0 radical (unpaired) electrons. The fraction of sp³-hybridized carbons (Fsp3) is 0.571. The molecule has 1 atom stereocenters. The van der Waals surface area contributed by atoms with Crippen LogP contribution < -0.4 is 10.6 Å². The summed E-state index contributed by atoms with van der Waals surface area (Å²) in [5, 5.41) is 18.4. The normalized spacial score (nSPS) is 17.5. The molecular formula is C21H31N3O2S. The second-order valence-electron chi connectivity index (χ2n) is 7.37. The third-order valence-corrected chi connectivity index (χ3v) is 6.62. The Morgan fingerprint density at radius 1 is 1.33 bits per heavy atom. The third kappa shape index (κ3) is 5.21. The standard InChI is InChI=1S/C21H31N3O2S/c1-3-22-20(24-15-21(9-6-10-21)11-12-26-2)23-14-17(25)19-13-16-7-4-5-8-18(16)27-19/h4-5,7-8,13,17,25H,3,6,9-12,14-15H2,1-2H3,(H2,22,23,24). The molecule has 0 amide bonds. The molecule has 3 rings (SSSR count). The van der Waals surface area contributed by atoms with Gasteiger partial charge < -0.3 is 20.5 Å². The van der Waals surface area contributed by atoms with Gasteiger partial charge in [0.1, 0.15) is 6.10 Å². The summed E-state index contributed by atoms with van der Waals surface area (Å²) < 4.78 is 6.47. The SMILES string of the molecule is CCNC(=NCC1(CCOC)CCC1)NCC(O)c1cc2ccccc2s1. The van der Waals surface area contributed by atoms with Crippen LogP contribution in [0.1, 0.15) is 43.6 Å². The van der Waals surface area contributed by atoms with Crippen molar-refractivity contribution >= 4 is 27.4 Å². The maximum atomic E-state index is 10.6. The lowest BCUT2D eigenvalue weighted by Crippen LogP contribution is -2.41. The molecule has 148 valence electrons. The van der Waals surface area contributed by atoms with E-state index < -0.39 is 6.10 Å². The van der Waals surface area contributed by atoms with Crippen molar-refractivity contribution in [3.63, 3.8) is 0 Å². The number of nitrogens with one attached hydrogen (secondary N) is 2. The Hall–Kier alpha value is -1.63. The zero-order valence-electron chi connectivity index (χ0n) is 16.3. The largest absolute Gasteiger partial charge is 0.386 e. The Morgan fingerprint density at radius 2 is 2.15 bits per heavy atom. The average Bonchev–Trinajstić information content (AvgIpc) is 3.09. The van der Waals surface area contributed by atoms with Crippen molar-refractivity contribution in [3.8, 4) is 0 Å². The Labute approximate surface area is 165 Å². The van der Waals surface area contributed by atoms with Crippen molar-refractivity contribution in [1.82, 2.24) is 10.6 Å². The van der Waals surface area contributed by atoms with Crippen molar-refractivity contribution in [2.24, 2.45) is 10.4 Å². The Bertz CT molecular complexity index is 722. The minimum Gasteiger partial charge on any atom is -0.386 e. The van der Waals surface area contributed by atoms with Crippen LogP contribution in [0.4, 0.5) is 0 Å². The number of benzene rings is 1. The highest BCUT2D eigenvalue weighted by Crippen LogP contribution is 2.44. The quantitative estimate of drug-likeness (QED) is 0.452. The number of methoxy groups -OCH3 is 1. The lowest BCUT2D eigenvalue weighted by atomic mass is 9.67. The van der Waals surface area contributed by atoms with E-state index >= 15 is 0 Å². The van der Waals surface area contributed by atoms with E-state index in [1.54, 1.807) is 18.4 Å². The van der Waals surface area contributed by atoms with Gasteiger partial charge in [-0.05, 0) is 49.1 Å². The zero-order chi connectivity index (χ0) is 19.1. The molecule has 1 saturated carbocycles. The van der Waals surface area contributed by atoms with Gasteiger partial charge in [-0.1, -0.05) is 24.6 Å². The maximum absolute atomic E-state index is 10.6. The molecule has 1 aromatic heterocycles. The van der Waals surface area contributed by atoms with Crippen LogP contribution in [0.15, 0.2) is 35.3 Å². The Balaban J connectivity index is 1.58. The molecule has 1 aliphatic carbocycles. The molecule has 1 aliphatic rings. The smallest absolute Gasteiger partial charge is 0.191 e. The molecular weight excluding hydrogens is 358 g/mol. The first-order chi connectivity index (χ1) is 13.2. The van der Waals surface area contributed by atoms with Gasteiger partial charge in [0, 0.05) is 42.9 Å². The molecule has 1 unspecified atom stereocenters. The van der Waals surface area contributed by atoms with Crippen molar-refractivity contribution in [3.05, 3.63) is 35.2 Å². The van der Waals surface area contributed by atoms with Gasteiger partial charge in [-0.25, -0.2) is 0 Å². The van der Waals surface area contributed by atoms with Gasteiger partial charge in [-0.3, -0.25) is 4.99 Å². The van der Waals surface area contributed by atoms with E-state index in [4.69, 9.17) is 9.73 Å². The number of ether oxygens (including phenoxy) is 1. The van der Waals surface area contributed by atoms with Crippen LogP contribution in [-0.2, 0) is 4.74 Å². The van der Waals surface area contributed by atoms with E-state index in [2.05, 4.69) is 35.8 Å². The second kappa shape index (κ2) is 9.53. The second-order valence-corrected chi connectivity index (χ2v) is 8.49. The van der Waals surface area contributed by atoms with E-state index in [1.807, 2.05) is 12.1 Å². The molecule has 0 saturated heterocycles. The maximum Gasteiger partial charge on any atom is 0.191 e. The van der Waals surface area contributed by atoms with E-state index in [1.165, 1.54) is 29.3 Å². The molecule has 27 heavy (non-hydrogen) atoms. The summed E-state index contributed by atoms with van der Waals surface area (Å²) in [5.41, 5.74) is 0.294. The summed E-state index contributed by atoms with van der Waals surface area (Å²) in [7, 11) is 1.76. The molecule has 3 N–H and O–H groups in total. The number of hydrogen-bond acceptors (Lipinski definition) is 4. The molecule has 1 aromatic carbocycles. The monoisotopic (exact) mass is 389 g/mol. The van der Waals surface area contributed by atoms with Crippen LogP contribution in [0.5, 0.6) is 0 Å². The summed E-state index contributed by atoms with van der Waals surface area (Å²) in [6, 6.07) is 10.3. The van der Waals surface area contributed by atoms with Gasteiger partial charge in [0.25, 0.3) is 0 Å². The highest BCUT2D eigenvalue weighted by atomic mass is 32.1. The first-order valence-corrected chi connectivity index (χ1v) is 10.6. The van der Waals surface area contributed by atoms with Crippen LogP contribution in [0.25, 0.3) is 10.1 Å². The fourth-order valence-electron chi connectivity index (χ4n) is 3.53. The lowest BCUT2D eigenvalue weighted by molar-refractivity contribution is 0.0778. The first-order valence-electron chi connectivity index (χ1n) is 9.83. The van der Waals surface area contributed by atoms with Crippen LogP contribution in [0.2, 0.25) is 0 Å². The van der Waals surface area contributed by atoms with E-state index in [9.17, 15) is 5.11 Å². The van der Waals surface area contributed by atoms with Gasteiger partial charge in [-0.15, -0.1) is 11.3 Å². The third-order valence-electron chi connectivity index (χ3n) is 5.40. The number of guanidine groups is 1. The highest BCUT2D eigenvalue weighted by Gasteiger charge is 2.36. The number of nitrogens with zero attached hydrogens (tertiary/aromatic N) is 1. The molecule has 2 aromatic rings. The molecule has 0 aliphatic heterocycles. The number of aliphatic hydroxyl groups excluding tert-OH is 1. The van der Waals surface area contributed by atoms with Crippen molar-refractivity contribution in [1.29, 1.82) is 0 Å². The number of aliphatic imine (C=N–C) groups is 1. The van der Waals surface area contributed by atoms with Crippen molar-refractivity contribution in [2.75, 3.05) is 33.4 Å². The summed E-state index contributed by atoms with van der Waals surface area (Å²) in [5.74, 6) is 0.779. The van der Waals surface area contributed by atoms with E-state index in [0.717, 1.165) is 37.0 Å². The minimum atomic E-state index is -0.544. The summed E-state index contributed by atoms with van der Waals surface area (Å²) in [6.45, 7) is 4.91. The summed E-state index contributed by atoms with van der Waals surface area (Å²) in [4.78, 5) is 5.78. The number of rotatable bonds is 9. The minimum absolute atomic E-state index is 0.294. The van der Waals surface area contributed by atoms with Crippen LogP contribution in [-0.4, -0.2) is 44.4 Å². The van der Waals surface area contributed by atoms with Gasteiger partial charge in [0.15, 0.2) is 5.96 Å². The average molecular weight is 390 g/mol. The van der Waals surface area contributed by atoms with Gasteiger partial charge in [-0.2, -0.15) is 0 Å². The number of hydrogen-bond donors (Lipinski definition) is 3. The van der Waals surface area contributed by atoms with Crippen LogP contribution >= 0.6 is 11.3 Å². The number of aliphatic hydroxyl groups is 1. The predicted molar refractivity (Wildman–Crippen MR) is 114 cm³/mol. The first kappa shape index (κ1) is 20.1. The predicted octanol–water partition coefficient (Wildman–Crippen LogP) is 3.70. The summed E-state index contributed by atoms with van der Waals surface area (Å²) >= 11 is 1.65. The molecule has 0 spiro atoms. The summed E-state index contributed by atoms with van der Waals surface area (Å²) in [6.07, 6.45) is 4.26. The Morgan fingerprint density at radius 3 is 2.81 bits per heavy atom. The molecule has 6 heteroatoms. The van der Waals surface area contributed by atoms with E-state index in [-0.39, 0.29) is 0 Å². The molecule has 0 bridgehead atoms. The van der Waals surface area contributed by atoms with Gasteiger partial charge >= 0.3 is 0 Å². The Kier molecular flexibility index (Phi) is 7.10. The highest BCUT2D eigenvalue weighted by molar-refractivity contribution is 7.19. The van der Waals surface area contributed by atoms with Gasteiger partial charge in [0.05, 0.1) is 0 Å². The van der Waals surface area contributed by atoms with Gasteiger partial charge in [0.2, 0.25) is 0 Å². The van der Waals surface area contributed by atoms with Crippen molar-refractivity contribution < 1.29 is 9.84 Å².